The van der Waals surface area contributed by atoms with Crippen molar-refractivity contribution in [3.05, 3.63) is 35.7 Å². The SMILES string of the molecule is CN(C)CCCNc1oc(-c2cccs2)nc1S(=O)(=O)c1ccc2c(c1)OCCO2. The summed E-state index contributed by atoms with van der Waals surface area (Å²) in [6.45, 7) is 2.24. The summed E-state index contributed by atoms with van der Waals surface area (Å²) < 4.78 is 43.7. The molecule has 0 saturated carbocycles. The Labute approximate surface area is 179 Å². The van der Waals surface area contributed by atoms with E-state index in [2.05, 4.69) is 15.2 Å². The van der Waals surface area contributed by atoms with Gasteiger partial charge in [-0.1, -0.05) is 6.07 Å². The molecule has 2 aromatic heterocycles. The molecule has 10 heteroatoms. The lowest BCUT2D eigenvalue weighted by Crippen LogP contribution is -2.17. The number of thiophene rings is 1. The van der Waals surface area contributed by atoms with Crippen LogP contribution in [0.3, 0.4) is 0 Å². The molecule has 0 spiro atoms. The van der Waals surface area contributed by atoms with Crippen molar-refractivity contribution in [2.75, 3.05) is 45.7 Å². The zero-order chi connectivity index (χ0) is 21.1. The van der Waals surface area contributed by atoms with Crippen molar-refractivity contribution in [1.82, 2.24) is 9.88 Å². The smallest absolute Gasteiger partial charge is 0.240 e. The quantitative estimate of drug-likeness (QED) is 0.523. The van der Waals surface area contributed by atoms with Gasteiger partial charge in [0.1, 0.15) is 13.2 Å². The van der Waals surface area contributed by atoms with Gasteiger partial charge in [-0.15, -0.1) is 11.3 Å². The van der Waals surface area contributed by atoms with E-state index >= 15 is 0 Å². The van der Waals surface area contributed by atoms with E-state index in [0.717, 1.165) is 17.8 Å². The number of aromatic nitrogens is 1. The lowest BCUT2D eigenvalue weighted by molar-refractivity contribution is 0.171. The van der Waals surface area contributed by atoms with Crippen LogP contribution in [0.4, 0.5) is 5.88 Å². The summed E-state index contributed by atoms with van der Waals surface area (Å²) in [5, 5.41) is 4.86. The van der Waals surface area contributed by atoms with Crippen LogP contribution in [0.1, 0.15) is 6.42 Å². The molecule has 0 radical (unpaired) electrons. The maximum atomic E-state index is 13.4. The van der Waals surface area contributed by atoms with Gasteiger partial charge in [-0.2, -0.15) is 4.98 Å². The molecule has 3 aromatic rings. The number of hydrogen-bond acceptors (Lipinski definition) is 9. The molecule has 8 nitrogen and oxygen atoms in total. The first-order valence-corrected chi connectivity index (χ1v) is 11.9. The number of hydrogen-bond donors (Lipinski definition) is 1. The van der Waals surface area contributed by atoms with Crippen LogP contribution < -0.4 is 14.8 Å². The normalized spacial score (nSPS) is 13.6. The van der Waals surface area contributed by atoms with E-state index in [1.165, 1.54) is 23.5 Å². The van der Waals surface area contributed by atoms with Crippen molar-refractivity contribution >= 4 is 27.1 Å². The Morgan fingerprint density at radius 3 is 2.70 bits per heavy atom. The number of rotatable bonds is 8. The third-order valence-corrected chi connectivity index (χ3v) is 6.99. The van der Waals surface area contributed by atoms with Gasteiger partial charge in [0.2, 0.25) is 26.6 Å². The molecule has 0 amide bonds. The maximum absolute atomic E-state index is 13.4. The Kier molecular flexibility index (Phi) is 5.98. The van der Waals surface area contributed by atoms with Crippen molar-refractivity contribution in [1.29, 1.82) is 0 Å². The van der Waals surface area contributed by atoms with Gasteiger partial charge in [0.05, 0.1) is 9.77 Å². The Balaban J connectivity index is 1.68. The number of anilines is 1. The van der Waals surface area contributed by atoms with E-state index in [9.17, 15) is 8.42 Å². The fourth-order valence-electron chi connectivity index (χ4n) is 3.01. The molecule has 0 fully saturated rings. The molecule has 30 heavy (non-hydrogen) atoms. The van der Waals surface area contributed by atoms with Gasteiger partial charge in [-0.3, -0.25) is 0 Å². The van der Waals surface area contributed by atoms with Crippen molar-refractivity contribution in [2.24, 2.45) is 0 Å². The maximum Gasteiger partial charge on any atom is 0.240 e. The van der Waals surface area contributed by atoms with Crippen LogP contribution in [0.2, 0.25) is 0 Å². The number of benzene rings is 1. The summed E-state index contributed by atoms with van der Waals surface area (Å²) in [6.07, 6.45) is 0.825. The zero-order valence-electron chi connectivity index (χ0n) is 16.8. The standard InChI is InChI=1S/C20H23N3O5S2/c1-23(2)9-4-8-21-19-20(22-18(28-19)17-5-3-12-29-17)30(24,25)14-6-7-15-16(13-14)27-11-10-26-15/h3,5-7,12-13,21H,4,8-11H2,1-2H3. The fraction of sp³-hybridized carbons (Fsp3) is 0.350. The van der Waals surface area contributed by atoms with Gasteiger partial charge < -0.3 is 24.1 Å². The molecule has 1 aliphatic heterocycles. The topological polar surface area (TPSA) is 93.9 Å². The highest BCUT2D eigenvalue weighted by atomic mass is 32.2. The highest BCUT2D eigenvalue weighted by Gasteiger charge is 2.30. The lowest BCUT2D eigenvalue weighted by atomic mass is 10.3. The second kappa shape index (κ2) is 8.66. The highest BCUT2D eigenvalue weighted by Crippen LogP contribution is 2.37. The minimum atomic E-state index is -3.94. The average molecular weight is 450 g/mol. The van der Waals surface area contributed by atoms with E-state index < -0.39 is 9.84 Å². The molecule has 4 rings (SSSR count). The zero-order valence-corrected chi connectivity index (χ0v) is 18.4. The molecule has 160 valence electrons. The third-order valence-electron chi connectivity index (χ3n) is 4.47. The fourth-order valence-corrected chi connectivity index (χ4v) is 4.95. The molecular formula is C20H23N3O5S2. The predicted octanol–water partition coefficient (Wildman–Crippen LogP) is 3.37. The van der Waals surface area contributed by atoms with Gasteiger partial charge in [0, 0.05) is 12.6 Å². The van der Waals surface area contributed by atoms with Gasteiger partial charge in [0.15, 0.2) is 11.5 Å². The molecule has 3 heterocycles. The molecular weight excluding hydrogens is 426 g/mol. The first-order valence-electron chi connectivity index (χ1n) is 9.53. The Morgan fingerprint density at radius 2 is 1.97 bits per heavy atom. The summed E-state index contributed by atoms with van der Waals surface area (Å²) in [5.41, 5.74) is 0. The van der Waals surface area contributed by atoms with Gasteiger partial charge in [-0.25, -0.2) is 8.42 Å². The molecule has 1 N–H and O–H groups in total. The number of oxazole rings is 1. The number of nitrogens with zero attached hydrogens (tertiary/aromatic N) is 2. The number of ether oxygens (including phenoxy) is 2. The first kappa shape index (κ1) is 20.7. The van der Waals surface area contributed by atoms with Crippen LogP contribution in [-0.2, 0) is 9.84 Å². The second-order valence-corrected chi connectivity index (χ2v) is 9.84. The molecule has 1 aromatic carbocycles. The van der Waals surface area contributed by atoms with E-state index in [0.29, 0.717) is 31.3 Å². The number of nitrogens with one attached hydrogen (secondary N) is 1. The summed E-state index contributed by atoms with van der Waals surface area (Å²) in [4.78, 5) is 7.24. The van der Waals surface area contributed by atoms with Crippen molar-refractivity contribution in [3.63, 3.8) is 0 Å². The van der Waals surface area contributed by atoms with Crippen LogP contribution in [0.15, 0.2) is 50.1 Å². The molecule has 0 atom stereocenters. The Morgan fingerprint density at radius 1 is 1.17 bits per heavy atom. The number of fused-ring (bicyclic) bond motifs is 1. The lowest BCUT2D eigenvalue weighted by Gasteiger charge is -2.18. The average Bonchev–Trinajstić information content (AvgIpc) is 3.41. The molecule has 0 unspecified atom stereocenters. The monoisotopic (exact) mass is 449 g/mol. The molecule has 1 aliphatic rings. The van der Waals surface area contributed by atoms with E-state index in [4.69, 9.17) is 13.9 Å². The van der Waals surface area contributed by atoms with Crippen LogP contribution in [0.25, 0.3) is 10.8 Å². The molecule has 0 saturated heterocycles. The minimum Gasteiger partial charge on any atom is -0.486 e. The van der Waals surface area contributed by atoms with Crippen molar-refractivity contribution < 1.29 is 22.3 Å². The molecule has 0 bridgehead atoms. The van der Waals surface area contributed by atoms with Gasteiger partial charge in [0.25, 0.3) is 0 Å². The van der Waals surface area contributed by atoms with E-state index in [1.807, 2.05) is 31.6 Å². The number of sulfone groups is 1. The van der Waals surface area contributed by atoms with Crippen molar-refractivity contribution in [3.8, 4) is 22.3 Å². The van der Waals surface area contributed by atoms with Crippen LogP contribution >= 0.6 is 11.3 Å². The van der Waals surface area contributed by atoms with Crippen LogP contribution in [0.5, 0.6) is 11.5 Å². The van der Waals surface area contributed by atoms with Crippen LogP contribution in [0, 0.1) is 0 Å². The van der Waals surface area contributed by atoms with Crippen molar-refractivity contribution in [2.45, 2.75) is 16.3 Å². The summed E-state index contributed by atoms with van der Waals surface area (Å²) in [6, 6.07) is 8.28. The minimum absolute atomic E-state index is 0.0779. The van der Waals surface area contributed by atoms with Crippen LogP contribution in [-0.4, -0.2) is 58.7 Å². The highest BCUT2D eigenvalue weighted by molar-refractivity contribution is 7.91. The Bertz CT molecular complexity index is 1110. The van der Waals surface area contributed by atoms with Gasteiger partial charge in [-0.05, 0) is 50.6 Å². The summed E-state index contributed by atoms with van der Waals surface area (Å²) >= 11 is 1.43. The predicted molar refractivity (Wildman–Crippen MR) is 114 cm³/mol. The third kappa shape index (κ3) is 4.30. The summed E-state index contributed by atoms with van der Waals surface area (Å²) in [5.74, 6) is 1.36. The largest absolute Gasteiger partial charge is 0.486 e. The Hall–Kier alpha value is -2.56. The first-order chi connectivity index (χ1) is 14.4. The molecule has 0 aliphatic carbocycles. The van der Waals surface area contributed by atoms with E-state index in [1.54, 1.807) is 6.07 Å². The summed E-state index contributed by atoms with van der Waals surface area (Å²) in [7, 11) is 0.0389. The van der Waals surface area contributed by atoms with Gasteiger partial charge >= 0.3 is 0 Å². The van der Waals surface area contributed by atoms with E-state index in [-0.39, 0.29) is 21.7 Å². The second-order valence-electron chi connectivity index (χ2n) is 7.02.